The van der Waals surface area contributed by atoms with Crippen molar-refractivity contribution in [3.05, 3.63) is 34.9 Å². The van der Waals surface area contributed by atoms with Gasteiger partial charge in [-0.15, -0.1) is 0 Å². The van der Waals surface area contributed by atoms with Crippen molar-refractivity contribution in [2.24, 2.45) is 11.7 Å². The van der Waals surface area contributed by atoms with E-state index in [0.717, 1.165) is 19.5 Å². The Morgan fingerprint density at radius 3 is 2.80 bits per heavy atom. The normalized spacial score (nSPS) is 21.9. The lowest BCUT2D eigenvalue weighted by Crippen LogP contribution is -2.31. The molecule has 1 atom stereocenters. The summed E-state index contributed by atoms with van der Waals surface area (Å²) in [7, 11) is 0. The minimum atomic E-state index is 0.261. The molecule has 2 aliphatic rings. The number of nitrogens with two attached hydrogens (primary N) is 1. The molecule has 1 aromatic rings. The first-order valence-electron chi connectivity index (χ1n) is 7.85. The smallest absolute Gasteiger partial charge is 0.226 e. The predicted octanol–water partition coefficient (Wildman–Crippen LogP) is 1.92. The zero-order valence-electron chi connectivity index (χ0n) is 12.1. The predicted molar refractivity (Wildman–Crippen MR) is 80.5 cm³/mol. The molecule has 0 spiro atoms. The minimum Gasteiger partial charge on any atom is -0.342 e. The number of aryl methyl sites for hydroxylation is 2. The van der Waals surface area contributed by atoms with Gasteiger partial charge in [0, 0.05) is 13.1 Å². The largest absolute Gasteiger partial charge is 0.342 e. The number of hydrogen-bond acceptors (Lipinski definition) is 2. The van der Waals surface area contributed by atoms with E-state index in [1.165, 1.54) is 42.4 Å². The van der Waals surface area contributed by atoms with Crippen LogP contribution in [0.25, 0.3) is 0 Å². The summed E-state index contributed by atoms with van der Waals surface area (Å²) in [4.78, 5) is 14.3. The Morgan fingerprint density at radius 1 is 1.25 bits per heavy atom. The van der Waals surface area contributed by atoms with Crippen LogP contribution in [0.2, 0.25) is 0 Å². The molecule has 1 fully saturated rings. The summed E-state index contributed by atoms with van der Waals surface area (Å²) < 4.78 is 0. The van der Waals surface area contributed by atoms with E-state index in [4.69, 9.17) is 5.73 Å². The average molecular weight is 272 g/mol. The topological polar surface area (TPSA) is 46.3 Å². The third-order valence-corrected chi connectivity index (χ3v) is 4.74. The summed E-state index contributed by atoms with van der Waals surface area (Å²) in [5, 5.41) is 0. The van der Waals surface area contributed by atoms with Crippen LogP contribution in [0.15, 0.2) is 18.2 Å². The molecule has 1 amide bonds. The molecular weight excluding hydrogens is 248 g/mol. The van der Waals surface area contributed by atoms with E-state index in [1.54, 1.807) is 0 Å². The Balaban J connectivity index is 1.64. The highest BCUT2D eigenvalue weighted by molar-refractivity contribution is 5.79. The highest BCUT2D eigenvalue weighted by atomic mass is 16.2. The van der Waals surface area contributed by atoms with Crippen LogP contribution < -0.4 is 5.73 Å². The number of amides is 1. The summed E-state index contributed by atoms with van der Waals surface area (Å²) in [6.07, 6.45) is 6.58. The summed E-state index contributed by atoms with van der Waals surface area (Å²) in [6.45, 7) is 2.43. The SMILES string of the molecule is NCC1CCN(C(=O)Cc2ccc3c(c2)CCCC3)C1. The van der Waals surface area contributed by atoms with Gasteiger partial charge in [0.05, 0.1) is 6.42 Å². The van der Waals surface area contributed by atoms with Crippen molar-refractivity contribution >= 4 is 5.91 Å². The Bertz CT molecular complexity index is 498. The van der Waals surface area contributed by atoms with Crippen LogP contribution in [0.4, 0.5) is 0 Å². The first-order chi connectivity index (χ1) is 9.76. The van der Waals surface area contributed by atoms with Crippen LogP contribution in [0.1, 0.15) is 36.0 Å². The van der Waals surface area contributed by atoms with Crippen molar-refractivity contribution in [3.8, 4) is 0 Å². The second-order valence-corrected chi connectivity index (χ2v) is 6.22. The first-order valence-corrected chi connectivity index (χ1v) is 7.85. The number of fused-ring (bicyclic) bond motifs is 1. The molecule has 20 heavy (non-hydrogen) atoms. The molecular formula is C17H24N2O. The van der Waals surface area contributed by atoms with E-state index < -0.39 is 0 Å². The molecule has 1 heterocycles. The minimum absolute atomic E-state index is 0.261. The van der Waals surface area contributed by atoms with Gasteiger partial charge < -0.3 is 10.6 Å². The highest BCUT2D eigenvalue weighted by Crippen LogP contribution is 2.23. The molecule has 1 unspecified atom stereocenters. The van der Waals surface area contributed by atoms with Crippen LogP contribution in [0.5, 0.6) is 0 Å². The fourth-order valence-corrected chi connectivity index (χ4v) is 3.43. The second-order valence-electron chi connectivity index (χ2n) is 6.22. The lowest BCUT2D eigenvalue weighted by Gasteiger charge is -2.19. The van der Waals surface area contributed by atoms with Gasteiger partial charge in [0.2, 0.25) is 5.91 Å². The number of hydrogen-bond donors (Lipinski definition) is 1. The number of carbonyl (C=O) groups excluding carboxylic acids is 1. The van der Waals surface area contributed by atoms with Gasteiger partial charge in [-0.25, -0.2) is 0 Å². The van der Waals surface area contributed by atoms with E-state index in [-0.39, 0.29) is 5.91 Å². The van der Waals surface area contributed by atoms with Gasteiger partial charge in [-0.05, 0) is 61.3 Å². The van der Waals surface area contributed by atoms with Gasteiger partial charge in [0.1, 0.15) is 0 Å². The number of benzene rings is 1. The highest BCUT2D eigenvalue weighted by Gasteiger charge is 2.25. The molecule has 0 bridgehead atoms. The van der Waals surface area contributed by atoms with Gasteiger partial charge in [-0.3, -0.25) is 4.79 Å². The Hall–Kier alpha value is -1.35. The van der Waals surface area contributed by atoms with E-state index in [9.17, 15) is 4.79 Å². The van der Waals surface area contributed by atoms with Crippen molar-refractivity contribution < 1.29 is 4.79 Å². The van der Waals surface area contributed by atoms with Crippen LogP contribution in [-0.4, -0.2) is 30.4 Å². The Labute approximate surface area is 121 Å². The van der Waals surface area contributed by atoms with Crippen molar-refractivity contribution in [1.29, 1.82) is 0 Å². The maximum atomic E-state index is 12.3. The van der Waals surface area contributed by atoms with Crippen molar-refractivity contribution in [1.82, 2.24) is 4.90 Å². The molecule has 108 valence electrons. The van der Waals surface area contributed by atoms with Gasteiger partial charge >= 0.3 is 0 Å². The van der Waals surface area contributed by atoms with Gasteiger partial charge in [0.15, 0.2) is 0 Å². The van der Waals surface area contributed by atoms with Crippen molar-refractivity contribution in [3.63, 3.8) is 0 Å². The Kier molecular flexibility index (Phi) is 4.06. The monoisotopic (exact) mass is 272 g/mol. The summed E-state index contributed by atoms with van der Waals surface area (Å²) in [5.74, 6) is 0.763. The van der Waals surface area contributed by atoms with E-state index in [1.807, 2.05) is 4.90 Å². The number of carbonyl (C=O) groups is 1. The van der Waals surface area contributed by atoms with E-state index >= 15 is 0 Å². The third-order valence-electron chi connectivity index (χ3n) is 4.74. The quantitative estimate of drug-likeness (QED) is 0.913. The fourth-order valence-electron chi connectivity index (χ4n) is 3.43. The van der Waals surface area contributed by atoms with Crippen molar-refractivity contribution in [2.75, 3.05) is 19.6 Å². The molecule has 0 saturated carbocycles. The number of likely N-dealkylation sites (tertiary alicyclic amines) is 1. The average Bonchev–Trinajstić information content (AvgIpc) is 2.96. The maximum absolute atomic E-state index is 12.3. The maximum Gasteiger partial charge on any atom is 0.226 e. The molecule has 3 rings (SSSR count). The molecule has 1 aliphatic carbocycles. The first kappa shape index (κ1) is 13.6. The molecule has 0 aromatic heterocycles. The lowest BCUT2D eigenvalue weighted by atomic mass is 9.90. The van der Waals surface area contributed by atoms with E-state index in [0.29, 0.717) is 18.9 Å². The number of rotatable bonds is 3. The molecule has 1 aromatic carbocycles. The van der Waals surface area contributed by atoms with Gasteiger partial charge in [-0.1, -0.05) is 18.2 Å². The molecule has 3 nitrogen and oxygen atoms in total. The summed E-state index contributed by atoms with van der Waals surface area (Å²) in [5.41, 5.74) is 9.80. The molecule has 1 saturated heterocycles. The summed E-state index contributed by atoms with van der Waals surface area (Å²) in [6, 6.07) is 6.62. The second kappa shape index (κ2) is 5.96. The van der Waals surface area contributed by atoms with Crippen molar-refractivity contribution in [2.45, 2.75) is 38.5 Å². The molecule has 0 radical (unpaired) electrons. The standard InChI is InChI=1S/C17H24N2O/c18-11-14-7-8-19(12-14)17(20)10-13-5-6-15-3-1-2-4-16(15)9-13/h5-6,9,14H,1-4,7-8,10-12,18H2. The number of nitrogens with zero attached hydrogens (tertiary/aromatic N) is 1. The Morgan fingerprint density at radius 2 is 2.05 bits per heavy atom. The fraction of sp³-hybridized carbons (Fsp3) is 0.588. The van der Waals surface area contributed by atoms with Crippen LogP contribution in [0, 0.1) is 5.92 Å². The van der Waals surface area contributed by atoms with E-state index in [2.05, 4.69) is 18.2 Å². The molecule has 1 aliphatic heterocycles. The summed E-state index contributed by atoms with van der Waals surface area (Å²) >= 11 is 0. The third kappa shape index (κ3) is 2.88. The van der Waals surface area contributed by atoms with Gasteiger partial charge in [0.25, 0.3) is 0 Å². The molecule has 3 heteroatoms. The van der Waals surface area contributed by atoms with Crippen LogP contribution in [-0.2, 0) is 24.1 Å². The zero-order chi connectivity index (χ0) is 13.9. The lowest BCUT2D eigenvalue weighted by molar-refractivity contribution is -0.129. The van der Waals surface area contributed by atoms with Gasteiger partial charge in [-0.2, -0.15) is 0 Å². The van der Waals surface area contributed by atoms with Crippen LogP contribution >= 0.6 is 0 Å². The molecule has 2 N–H and O–H groups in total. The van der Waals surface area contributed by atoms with Crippen LogP contribution in [0.3, 0.4) is 0 Å². The zero-order valence-corrected chi connectivity index (χ0v) is 12.1.